The number of ether oxygens (including phenoxy) is 3. The predicted octanol–water partition coefficient (Wildman–Crippen LogP) is 5.02. The molecule has 1 aliphatic rings. The second kappa shape index (κ2) is 12.6. The Balaban J connectivity index is 1.51. The molecular weight excluding hydrogens is 618 g/mol. The molecule has 0 aliphatic carbocycles. The van der Waals surface area contributed by atoms with Gasteiger partial charge in [-0.15, -0.1) is 0 Å². The first-order valence-electron chi connectivity index (χ1n) is 13.1. The van der Waals surface area contributed by atoms with Gasteiger partial charge in [0, 0.05) is 5.56 Å². The molecule has 0 radical (unpaired) electrons. The van der Waals surface area contributed by atoms with E-state index in [1.807, 2.05) is 54.6 Å². The lowest BCUT2D eigenvalue weighted by Crippen LogP contribution is -2.39. The Morgan fingerprint density at radius 1 is 1.17 bits per heavy atom. The SMILES string of the molecule is CCOC(=O)C1=C(C)N=c2s/c(=C/c3ccc(OCc4ccccc4C#N)cc3)c(=O)n2[C@H]1c1ccc(OC)c(Br)c1. The average Bonchev–Trinajstić information content (AvgIpc) is 3.29. The lowest BCUT2D eigenvalue weighted by molar-refractivity contribution is -0.139. The number of aromatic nitrogens is 1. The lowest BCUT2D eigenvalue weighted by Gasteiger charge is -2.25. The largest absolute Gasteiger partial charge is 0.496 e. The van der Waals surface area contributed by atoms with Crippen LogP contribution in [0.5, 0.6) is 11.5 Å². The van der Waals surface area contributed by atoms with Gasteiger partial charge in [0.15, 0.2) is 4.80 Å². The fraction of sp³-hybridized carbons (Fsp3) is 0.188. The van der Waals surface area contributed by atoms with E-state index in [1.54, 1.807) is 43.7 Å². The number of carbonyl (C=O) groups excluding carboxylic acids is 1. The summed E-state index contributed by atoms with van der Waals surface area (Å²) in [6.45, 7) is 3.96. The number of rotatable bonds is 8. The van der Waals surface area contributed by atoms with E-state index in [2.05, 4.69) is 27.0 Å². The number of esters is 1. The first-order chi connectivity index (χ1) is 20.3. The molecule has 0 saturated heterocycles. The van der Waals surface area contributed by atoms with E-state index in [0.717, 1.165) is 11.1 Å². The van der Waals surface area contributed by atoms with Crippen LogP contribution in [0.1, 0.15) is 42.1 Å². The van der Waals surface area contributed by atoms with E-state index in [0.29, 0.717) is 47.7 Å². The zero-order valence-electron chi connectivity index (χ0n) is 23.1. The number of nitrogens with zero attached hydrogens (tertiary/aromatic N) is 3. The van der Waals surface area contributed by atoms with Crippen molar-refractivity contribution in [3.8, 4) is 17.6 Å². The van der Waals surface area contributed by atoms with Crippen molar-refractivity contribution >= 4 is 39.3 Å². The van der Waals surface area contributed by atoms with E-state index < -0.39 is 12.0 Å². The van der Waals surface area contributed by atoms with Crippen LogP contribution in [0.3, 0.4) is 0 Å². The highest BCUT2D eigenvalue weighted by molar-refractivity contribution is 9.10. The predicted molar refractivity (Wildman–Crippen MR) is 163 cm³/mol. The highest BCUT2D eigenvalue weighted by Gasteiger charge is 2.33. The van der Waals surface area contributed by atoms with Crippen molar-refractivity contribution < 1.29 is 19.0 Å². The molecule has 1 aromatic heterocycles. The second-order valence-electron chi connectivity index (χ2n) is 9.32. The molecule has 2 heterocycles. The summed E-state index contributed by atoms with van der Waals surface area (Å²) in [5, 5.41) is 9.29. The highest BCUT2D eigenvalue weighted by atomic mass is 79.9. The third-order valence-corrected chi connectivity index (χ3v) is 8.32. The van der Waals surface area contributed by atoms with Crippen molar-refractivity contribution in [2.75, 3.05) is 13.7 Å². The van der Waals surface area contributed by atoms with Crippen LogP contribution in [-0.2, 0) is 16.1 Å². The molecule has 1 atom stereocenters. The summed E-state index contributed by atoms with van der Waals surface area (Å²) in [4.78, 5) is 32.1. The minimum Gasteiger partial charge on any atom is -0.496 e. The van der Waals surface area contributed by atoms with Gasteiger partial charge in [-0.05, 0) is 77.3 Å². The number of halogens is 1. The Morgan fingerprint density at radius 2 is 1.93 bits per heavy atom. The van der Waals surface area contributed by atoms with Crippen molar-refractivity contribution in [2.24, 2.45) is 4.99 Å². The minimum absolute atomic E-state index is 0.198. The summed E-state index contributed by atoms with van der Waals surface area (Å²) in [5.41, 5.74) is 3.44. The Labute approximate surface area is 254 Å². The molecule has 5 rings (SSSR count). The van der Waals surface area contributed by atoms with Crippen LogP contribution >= 0.6 is 27.3 Å². The molecule has 4 aromatic rings. The van der Waals surface area contributed by atoms with E-state index in [1.165, 1.54) is 11.3 Å². The van der Waals surface area contributed by atoms with Gasteiger partial charge >= 0.3 is 5.97 Å². The van der Waals surface area contributed by atoms with Gasteiger partial charge in [0.05, 0.1) is 51.7 Å². The second-order valence-corrected chi connectivity index (χ2v) is 11.2. The molecular formula is C32H26BrN3O5S. The zero-order chi connectivity index (χ0) is 29.8. The molecule has 10 heteroatoms. The van der Waals surface area contributed by atoms with Crippen molar-refractivity contribution in [3.63, 3.8) is 0 Å². The number of hydrogen-bond donors (Lipinski definition) is 0. The van der Waals surface area contributed by atoms with E-state index in [-0.39, 0.29) is 18.8 Å². The number of fused-ring (bicyclic) bond motifs is 1. The molecule has 3 aromatic carbocycles. The topological polar surface area (TPSA) is 103 Å². The first-order valence-corrected chi connectivity index (χ1v) is 14.7. The monoisotopic (exact) mass is 643 g/mol. The number of benzene rings is 3. The highest BCUT2D eigenvalue weighted by Crippen LogP contribution is 2.35. The molecule has 0 saturated carbocycles. The molecule has 212 valence electrons. The van der Waals surface area contributed by atoms with Crippen LogP contribution in [0.4, 0.5) is 0 Å². The van der Waals surface area contributed by atoms with Gasteiger partial charge in [-0.25, -0.2) is 9.79 Å². The van der Waals surface area contributed by atoms with Gasteiger partial charge in [-0.3, -0.25) is 9.36 Å². The number of hydrogen-bond acceptors (Lipinski definition) is 8. The molecule has 42 heavy (non-hydrogen) atoms. The van der Waals surface area contributed by atoms with Crippen molar-refractivity contribution in [1.82, 2.24) is 4.57 Å². The molecule has 0 bridgehead atoms. The summed E-state index contributed by atoms with van der Waals surface area (Å²) in [6, 6.07) is 21.6. The van der Waals surface area contributed by atoms with Gasteiger partial charge < -0.3 is 14.2 Å². The fourth-order valence-corrected chi connectivity index (χ4v) is 6.29. The van der Waals surface area contributed by atoms with Crippen LogP contribution in [0.25, 0.3) is 6.08 Å². The van der Waals surface area contributed by atoms with Crippen LogP contribution in [0, 0.1) is 11.3 Å². The zero-order valence-corrected chi connectivity index (χ0v) is 25.5. The van der Waals surface area contributed by atoms with Gasteiger partial charge in [-0.2, -0.15) is 5.26 Å². The maximum absolute atomic E-state index is 13.8. The van der Waals surface area contributed by atoms with Gasteiger partial charge in [0.1, 0.15) is 18.1 Å². The molecule has 1 aliphatic heterocycles. The fourth-order valence-electron chi connectivity index (χ4n) is 4.69. The smallest absolute Gasteiger partial charge is 0.338 e. The summed E-state index contributed by atoms with van der Waals surface area (Å²) in [5.74, 6) is 0.755. The summed E-state index contributed by atoms with van der Waals surface area (Å²) < 4.78 is 19.3. The summed E-state index contributed by atoms with van der Waals surface area (Å²) >= 11 is 4.78. The molecule has 0 amide bonds. The van der Waals surface area contributed by atoms with Gasteiger partial charge in [0.2, 0.25) is 0 Å². The van der Waals surface area contributed by atoms with Gasteiger partial charge in [-0.1, -0.05) is 47.7 Å². The van der Waals surface area contributed by atoms with Crippen molar-refractivity contribution in [1.29, 1.82) is 5.26 Å². The van der Waals surface area contributed by atoms with Gasteiger partial charge in [0.25, 0.3) is 5.56 Å². The van der Waals surface area contributed by atoms with Crippen LogP contribution in [0.15, 0.2) is 92.3 Å². The Bertz CT molecular complexity index is 1920. The number of methoxy groups -OCH3 is 1. The third kappa shape index (κ3) is 5.79. The quantitative estimate of drug-likeness (QED) is 0.250. The first kappa shape index (κ1) is 29.0. The summed E-state index contributed by atoms with van der Waals surface area (Å²) in [7, 11) is 1.57. The van der Waals surface area contributed by atoms with E-state index in [4.69, 9.17) is 14.2 Å². The maximum Gasteiger partial charge on any atom is 0.338 e. The number of allylic oxidation sites excluding steroid dienone is 1. The maximum atomic E-state index is 13.8. The van der Waals surface area contributed by atoms with Crippen LogP contribution in [-0.4, -0.2) is 24.3 Å². The molecule has 0 fully saturated rings. The molecule has 0 unspecified atom stereocenters. The van der Waals surface area contributed by atoms with E-state index in [9.17, 15) is 14.9 Å². The van der Waals surface area contributed by atoms with Crippen LogP contribution in [0.2, 0.25) is 0 Å². The third-order valence-electron chi connectivity index (χ3n) is 6.72. The molecule has 8 nitrogen and oxygen atoms in total. The number of thiazole rings is 1. The Kier molecular flexibility index (Phi) is 8.71. The molecule has 0 spiro atoms. The lowest BCUT2D eigenvalue weighted by atomic mass is 9.96. The minimum atomic E-state index is -0.725. The van der Waals surface area contributed by atoms with E-state index >= 15 is 0 Å². The van der Waals surface area contributed by atoms with Crippen LogP contribution < -0.4 is 24.4 Å². The normalized spacial score (nSPS) is 14.5. The molecule has 0 N–H and O–H groups in total. The number of carbonyl (C=O) groups is 1. The number of nitriles is 1. The van der Waals surface area contributed by atoms with Crippen molar-refractivity contribution in [2.45, 2.75) is 26.5 Å². The summed E-state index contributed by atoms with van der Waals surface area (Å²) in [6.07, 6.45) is 1.79. The van der Waals surface area contributed by atoms with Crippen molar-refractivity contribution in [3.05, 3.63) is 124 Å². The Hall–Kier alpha value is -4.46. The average molecular weight is 645 g/mol. The Morgan fingerprint density at radius 3 is 2.62 bits per heavy atom. The standard InChI is InChI=1S/C32H26BrN3O5S/c1-4-40-31(38)28-19(2)35-32-36(29(28)21-11-14-26(39-3)25(33)16-21)30(37)27(42-32)15-20-9-12-24(13-10-20)41-18-23-8-6-5-7-22(23)17-34/h5-16,29H,4,18H2,1-3H3/b27-15+/t29-/m0/s1.